The fourth-order valence-electron chi connectivity index (χ4n) is 2.78. The highest BCUT2D eigenvalue weighted by Crippen LogP contribution is 2.29. The molecular formula is C16H24N2O2. The first-order valence-corrected chi connectivity index (χ1v) is 7.11. The van der Waals surface area contributed by atoms with E-state index in [0.717, 1.165) is 23.3 Å². The maximum Gasteiger partial charge on any atom is 0.241 e. The molecule has 1 fully saturated rings. The molecule has 0 aliphatic carbocycles. The third-order valence-corrected chi connectivity index (χ3v) is 3.83. The number of benzene rings is 1. The number of rotatable bonds is 4. The van der Waals surface area contributed by atoms with Gasteiger partial charge in [-0.05, 0) is 42.5 Å². The Bertz CT molecular complexity index is 499. The Morgan fingerprint density at radius 3 is 2.65 bits per heavy atom. The highest BCUT2D eigenvalue weighted by atomic mass is 16.5. The predicted molar refractivity (Wildman–Crippen MR) is 79.6 cm³/mol. The largest absolute Gasteiger partial charge is 0.496 e. The SMILES string of the molecule is COc1ccc(C2NC(CC(C)C)C(=O)N2C)cc1C. The van der Waals surface area contributed by atoms with E-state index in [2.05, 4.69) is 25.2 Å². The zero-order valence-electron chi connectivity index (χ0n) is 12.9. The van der Waals surface area contributed by atoms with Crippen molar-refractivity contribution in [3.05, 3.63) is 29.3 Å². The number of nitrogens with one attached hydrogen (secondary N) is 1. The highest BCUT2D eigenvalue weighted by molar-refractivity contribution is 5.84. The predicted octanol–water partition coefficient (Wildman–Crippen LogP) is 2.48. The molecule has 0 spiro atoms. The lowest BCUT2D eigenvalue weighted by molar-refractivity contribution is -0.129. The number of carbonyl (C=O) groups excluding carboxylic acids is 1. The second kappa shape index (κ2) is 5.83. The van der Waals surface area contributed by atoms with Crippen molar-refractivity contribution in [2.24, 2.45) is 5.92 Å². The molecule has 2 rings (SSSR count). The van der Waals surface area contributed by atoms with Crippen LogP contribution in [-0.2, 0) is 4.79 Å². The first-order valence-electron chi connectivity index (χ1n) is 7.11. The smallest absolute Gasteiger partial charge is 0.241 e. The molecule has 0 radical (unpaired) electrons. The summed E-state index contributed by atoms with van der Waals surface area (Å²) in [5.41, 5.74) is 2.19. The number of ether oxygens (including phenoxy) is 1. The van der Waals surface area contributed by atoms with Gasteiger partial charge in [-0.25, -0.2) is 0 Å². The van der Waals surface area contributed by atoms with Gasteiger partial charge in [-0.2, -0.15) is 0 Å². The van der Waals surface area contributed by atoms with E-state index in [1.165, 1.54) is 0 Å². The molecule has 4 heteroatoms. The van der Waals surface area contributed by atoms with Gasteiger partial charge in [-0.1, -0.05) is 19.9 Å². The van der Waals surface area contributed by atoms with Gasteiger partial charge < -0.3 is 9.64 Å². The molecule has 0 saturated carbocycles. The first-order chi connectivity index (χ1) is 9.43. The molecule has 0 aromatic heterocycles. The Hall–Kier alpha value is -1.55. The Labute approximate surface area is 121 Å². The molecule has 1 N–H and O–H groups in total. The van der Waals surface area contributed by atoms with Gasteiger partial charge in [0.2, 0.25) is 5.91 Å². The molecule has 2 atom stereocenters. The number of methoxy groups -OCH3 is 1. The fraction of sp³-hybridized carbons (Fsp3) is 0.562. The summed E-state index contributed by atoms with van der Waals surface area (Å²) in [5, 5.41) is 3.44. The minimum atomic E-state index is -0.0765. The Morgan fingerprint density at radius 1 is 1.40 bits per heavy atom. The van der Waals surface area contributed by atoms with Gasteiger partial charge in [0.1, 0.15) is 11.9 Å². The summed E-state index contributed by atoms with van der Waals surface area (Å²) in [6.45, 7) is 6.30. The monoisotopic (exact) mass is 276 g/mol. The summed E-state index contributed by atoms with van der Waals surface area (Å²) in [6.07, 6.45) is 0.824. The second-order valence-electron chi connectivity index (χ2n) is 5.93. The fourth-order valence-corrected chi connectivity index (χ4v) is 2.78. The quantitative estimate of drug-likeness (QED) is 0.918. The Morgan fingerprint density at radius 2 is 2.10 bits per heavy atom. The van der Waals surface area contributed by atoms with Gasteiger partial charge in [0.25, 0.3) is 0 Å². The topological polar surface area (TPSA) is 41.6 Å². The minimum Gasteiger partial charge on any atom is -0.496 e. The van der Waals surface area contributed by atoms with Gasteiger partial charge in [0.05, 0.1) is 13.2 Å². The van der Waals surface area contributed by atoms with Crippen LogP contribution in [0.5, 0.6) is 5.75 Å². The minimum absolute atomic E-state index is 0.0455. The number of hydrogen-bond acceptors (Lipinski definition) is 3. The number of nitrogens with zero attached hydrogens (tertiary/aromatic N) is 1. The van der Waals surface area contributed by atoms with Crippen molar-refractivity contribution >= 4 is 5.91 Å². The van der Waals surface area contributed by atoms with E-state index in [1.807, 2.05) is 26.1 Å². The molecule has 1 amide bonds. The van der Waals surface area contributed by atoms with Crippen LogP contribution in [-0.4, -0.2) is 31.0 Å². The number of amides is 1. The van der Waals surface area contributed by atoms with E-state index in [4.69, 9.17) is 4.74 Å². The zero-order chi connectivity index (χ0) is 14.9. The van der Waals surface area contributed by atoms with Crippen molar-refractivity contribution in [1.82, 2.24) is 10.2 Å². The lowest BCUT2D eigenvalue weighted by atomic mass is 10.0. The van der Waals surface area contributed by atoms with E-state index in [0.29, 0.717) is 5.92 Å². The number of hydrogen-bond donors (Lipinski definition) is 1. The van der Waals surface area contributed by atoms with Gasteiger partial charge in [0, 0.05) is 7.05 Å². The molecule has 1 aromatic rings. The van der Waals surface area contributed by atoms with Crippen molar-refractivity contribution in [3.63, 3.8) is 0 Å². The van der Waals surface area contributed by atoms with E-state index < -0.39 is 0 Å². The average molecular weight is 276 g/mol. The summed E-state index contributed by atoms with van der Waals surface area (Å²) < 4.78 is 5.28. The molecule has 1 aliphatic heterocycles. The summed E-state index contributed by atoms with van der Waals surface area (Å²) >= 11 is 0. The molecule has 20 heavy (non-hydrogen) atoms. The zero-order valence-corrected chi connectivity index (χ0v) is 12.9. The second-order valence-corrected chi connectivity index (χ2v) is 5.93. The van der Waals surface area contributed by atoms with Gasteiger partial charge in [-0.15, -0.1) is 0 Å². The summed E-state index contributed by atoms with van der Waals surface area (Å²) in [6, 6.07) is 5.98. The van der Waals surface area contributed by atoms with Crippen molar-refractivity contribution in [2.75, 3.05) is 14.2 Å². The molecule has 110 valence electrons. The van der Waals surface area contributed by atoms with Crippen molar-refractivity contribution in [3.8, 4) is 5.75 Å². The average Bonchev–Trinajstić information content (AvgIpc) is 2.66. The molecule has 2 unspecified atom stereocenters. The summed E-state index contributed by atoms with van der Waals surface area (Å²) in [4.78, 5) is 14.1. The maximum atomic E-state index is 12.3. The van der Waals surface area contributed by atoms with Crippen LogP contribution < -0.4 is 10.1 Å². The van der Waals surface area contributed by atoms with Crippen LogP contribution in [0, 0.1) is 12.8 Å². The van der Waals surface area contributed by atoms with E-state index in [-0.39, 0.29) is 18.1 Å². The lowest BCUT2D eigenvalue weighted by Crippen LogP contribution is -2.30. The van der Waals surface area contributed by atoms with Crippen LogP contribution in [0.25, 0.3) is 0 Å². The number of carbonyl (C=O) groups is 1. The molecule has 1 aromatic carbocycles. The lowest BCUT2D eigenvalue weighted by Gasteiger charge is -2.20. The molecule has 1 heterocycles. The summed E-state index contributed by atoms with van der Waals surface area (Å²) in [5.74, 6) is 1.55. The number of likely N-dealkylation sites (N-methyl/N-ethyl adjacent to an activating group) is 1. The van der Waals surface area contributed by atoms with Crippen molar-refractivity contribution in [2.45, 2.75) is 39.4 Å². The van der Waals surface area contributed by atoms with E-state index >= 15 is 0 Å². The highest BCUT2D eigenvalue weighted by Gasteiger charge is 2.37. The molecule has 1 aliphatic rings. The van der Waals surface area contributed by atoms with Crippen LogP contribution in [0.15, 0.2) is 18.2 Å². The molecule has 0 bridgehead atoms. The first kappa shape index (κ1) is 14.9. The maximum absolute atomic E-state index is 12.3. The van der Waals surface area contributed by atoms with E-state index in [1.54, 1.807) is 12.0 Å². The van der Waals surface area contributed by atoms with Crippen LogP contribution >= 0.6 is 0 Å². The third-order valence-electron chi connectivity index (χ3n) is 3.83. The molecular weight excluding hydrogens is 252 g/mol. The standard InChI is InChI=1S/C16H24N2O2/c1-10(2)8-13-16(19)18(4)15(17-13)12-6-7-14(20-5)11(3)9-12/h6-7,9-10,13,15,17H,8H2,1-5H3. The van der Waals surface area contributed by atoms with Crippen LogP contribution in [0.3, 0.4) is 0 Å². The van der Waals surface area contributed by atoms with Crippen LogP contribution in [0.2, 0.25) is 0 Å². The van der Waals surface area contributed by atoms with Gasteiger partial charge in [0.15, 0.2) is 0 Å². The van der Waals surface area contributed by atoms with Crippen molar-refractivity contribution in [1.29, 1.82) is 0 Å². The van der Waals surface area contributed by atoms with E-state index in [9.17, 15) is 4.79 Å². The van der Waals surface area contributed by atoms with Gasteiger partial charge >= 0.3 is 0 Å². The summed E-state index contributed by atoms with van der Waals surface area (Å²) in [7, 11) is 3.53. The number of aryl methyl sites for hydroxylation is 1. The van der Waals surface area contributed by atoms with Crippen LogP contribution in [0.4, 0.5) is 0 Å². The molecule has 1 saturated heterocycles. The van der Waals surface area contributed by atoms with Gasteiger partial charge in [-0.3, -0.25) is 10.1 Å². The molecule has 4 nitrogen and oxygen atoms in total. The van der Waals surface area contributed by atoms with Crippen molar-refractivity contribution < 1.29 is 9.53 Å². The Balaban J connectivity index is 2.21. The Kier molecular flexibility index (Phi) is 4.33. The van der Waals surface area contributed by atoms with Crippen LogP contribution in [0.1, 0.15) is 37.6 Å². The normalized spacial score (nSPS) is 22.7. The third kappa shape index (κ3) is 2.80.